The first-order valence-corrected chi connectivity index (χ1v) is 15.0. The number of aromatic nitrogens is 2. The molecule has 3 N–H and O–H groups in total. The Morgan fingerprint density at radius 2 is 1.48 bits per heavy atom. The fourth-order valence-electron chi connectivity index (χ4n) is 4.68. The number of ether oxygens (including phenoxy) is 3. The van der Waals surface area contributed by atoms with E-state index in [-0.39, 0.29) is 0 Å². The van der Waals surface area contributed by atoms with E-state index in [1.807, 2.05) is 48.7 Å². The predicted octanol–water partition coefficient (Wildman–Crippen LogP) is 8.82. The summed E-state index contributed by atoms with van der Waals surface area (Å²) in [6.07, 6.45) is 9.28. The van der Waals surface area contributed by atoms with E-state index in [1.54, 1.807) is 21.3 Å². The molecule has 228 valence electrons. The van der Waals surface area contributed by atoms with Crippen molar-refractivity contribution >= 4 is 22.5 Å². The van der Waals surface area contributed by atoms with Crippen molar-refractivity contribution in [3.8, 4) is 28.4 Å². The zero-order valence-corrected chi connectivity index (χ0v) is 26.8. The lowest BCUT2D eigenvalue weighted by Crippen LogP contribution is -2.04. The average molecular weight is 575 g/mol. The number of hydrogen-bond acceptors (Lipinski definition) is 7. The summed E-state index contributed by atoms with van der Waals surface area (Å²) in [7, 11) is 6.48. The number of benzene rings is 3. The summed E-state index contributed by atoms with van der Waals surface area (Å²) in [4.78, 5) is 9.47. The van der Waals surface area contributed by atoms with Gasteiger partial charge in [0.2, 0.25) is 5.95 Å². The molecule has 0 radical (unpaired) electrons. The molecule has 0 amide bonds. The molecule has 0 bridgehead atoms. The van der Waals surface area contributed by atoms with Gasteiger partial charge in [0.15, 0.2) is 0 Å². The number of unbranched alkanes of at least 4 members (excludes halogenated alkanes) is 2. The number of para-hydroxylation sites is 1. The van der Waals surface area contributed by atoms with Crippen molar-refractivity contribution in [3.63, 3.8) is 0 Å². The van der Waals surface area contributed by atoms with Gasteiger partial charge < -0.3 is 25.3 Å². The van der Waals surface area contributed by atoms with Crippen LogP contribution in [-0.2, 0) is 6.42 Å². The number of anilines is 2. The Morgan fingerprint density at radius 3 is 2.02 bits per heavy atom. The van der Waals surface area contributed by atoms with Crippen molar-refractivity contribution in [2.45, 2.75) is 66.2 Å². The molecular weight excluding hydrogens is 524 g/mol. The summed E-state index contributed by atoms with van der Waals surface area (Å²) < 4.78 is 16.6. The Bertz CT molecular complexity index is 1330. The van der Waals surface area contributed by atoms with Gasteiger partial charge in [0.05, 0.1) is 32.5 Å². The summed E-state index contributed by atoms with van der Waals surface area (Å²) >= 11 is 0. The summed E-state index contributed by atoms with van der Waals surface area (Å²) in [5, 5.41) is 4.34. The van der Waals surface area contributed by atoms with Crippen LogP contribution in [0.4, 0.5) is 11.6 Å². The van der Waals surface area contributed by atoms with Gasteiger partial charge in [-0.15, -0.1) is 0 Å². The first-order valence-electron chi connectivity index (χ1n) is 15.0. The lowest BCUT2D eigenvalue weighted by molar-refractivity contribution is 0.394. The summed E-state index contributed by atoms with van der Waals surface area (Å²) in [6.45, 7) is 8.91. The summed E-state index contributed by atoms with van der Waals surface area (Å²) in [6, 6.07) is 18.2. The maximum atomic E-state index is 5.62. The molecule has 0 spiro atoms. The van der Waals surface area contributed by atoms with Gasteiger partial charge in [-0.1, -0.05) is 84.1 Å². The Kier molecular flexibility index (Phi) is 15.2. The molecule has 4 rings (SSSR count). The standard InChI is InChI=1S/C29H33N3O3.C5H12.CH5N/c1-6-19(7-2)13-20-11-12-27(35-5)26(14-20)31-29-30-18-21-9-8-10-25(28(21)32-29)22-15-23(33-3)17-24(16-22)34-4;1-3-5-4-2;1-2/h8-12,14-19H,6-7,13H2,1-5H3,(H,30,31,32);3-5H2,1-2H3;2H2,1H3. The first-order chi connectivity index (χ1) is 20.5. The third kappa shape index (κ3) is 9.62. The van der Waals surface area contributed by atoms with Gasteiger partial charge in [-0.25, -0.2) is 9.97 Å². The van der Waals surface area contributed by atoms with Crippen LogP contribution >= 0.6 is 0 Å². The first kappa shape index (κ1) is 34.4. The van der Waals surface area contributed by atoms with Gasteiger partial charge in [0.25, 0.3) is 0 Å². The van der Waals surface area contributed by atoms with Gasteiger partial charge in [0, 0.05) is 23.2 Å². The highest BCUT2D eigenvalue weighted by Gasteiger charge is 2.13. The number of nitrogens with two attached hydrogens (primary N) is 1. The maximum absolute atomic E-state index is 5.62. The third-order valence-electron chi connectivity index (χ3n) is 7.17. The smallest absolute Gasteiger partial charge is 0.227 e. The van der Waals surface area contributed by atoms with Crippen molar-refractivity contribution in [2.75, 3.05) is 33.7 Å². The number of nitrogens with zero attached hydrogens (tertiary/aromatic N) is 2. The third-order valence-corrected chi connectivity index (χ3v) is 7.17. The number of methoxy groups -OCH3 is 3. The molecule has 1 aromatic heterocycles. The van der Waals surface area contributed by atoms with Crippen LogP contribution in [0.25, 0.3) is 22.0 Å². The largest absolute Gasteiger partial charge is 0.497 e. The second-order valence-corrected chi connectivity index (χ2v) is 9.94. The SMILES string of the molecule is CCC(CC)Cc1ccc(OC)c(Nc2ncc3cccc(-c4cc(OC)cc(OC)c4)c3n2)c1.CCCCC.CN. The summed E-state index contributed by atoms with van der Waals surface area (Å²) in [5.74, 6) is 3.38. The predicted molar refractivity (Wildman–Crippen MR) is 177 cm³/mol. The van der Waals surface area contributed by atoms with Gasteiger partial charge in [-0.05, 0) is 54.8 Å². The Morgan fingerprint density at radius 1 is 0.810 bits per heavy atom. The fourth-order valence-corrected chi connectivity index (χ4v) is 4.68. The van der Waals surface area contributed by atoms with Gasteiger partial charge in [-0.2, -0.15) is 0 Å². The van der Waals surface area contributed by atoms with Crippen LogP contribution in [0.1, 0.15) is 65.4 Å². The normalized spacial score (nSPS) is 10.3. The summed E-state index contributed by atoms with van der Waals surface area (Å²) in [5.41, 5.74) is 9.40. The number of fused-ring (bicyclic) bond motifs is 1. The molecule has 3 aromatic carbocycles. The molecule has 7 heteroatoms. The highest BCUT2D eigenvalue weighted by atomic mass is 16.5. The van der Waals surface area contributed by atoms with Crippen molar-refractivity contribution in [2.24, 2.45) is 11.7 Å². The molecule has 1 heterocycles. The van der Waals surface area contributed by atoms with E-state index in [0.717, 1.165) is 64.2 Å². The van der Waals surface area contributed by atoms with E-state index in [1.165, 1.54) is 31.9 Å². The molecule has 0 atom stereocenters. The van der Waals surface area contributed by atoms with E-state index in [0.29, 0.717) is 11.9 Å². The van der Waals surface area contributed by atoms with Crippen LogP contribution in [0.3, 0.4) is 0 Å². The van der Waals surface area contributed by atoms with E-state index in [9.17, 15) is 0 Å². The topological polar surface area (TPSA) is 91.5 Å². The minimum Gasteiger partial charge on any atom is -0.497 e. The van der Waals surface area contributed by atoms with Crippen LogP contribution in [0, 0.1) is 5.92 Å². The van der Waals surface area contributed by atoms with Crippen molar-refractivity contribution in [1.82, 2.24) is 9.97 Å². The number of rotatable bonds is 12. The van der Waals surface area contributed by atoms with Crippen molar-refractivity contribution < 1.29 is 14.2 Å². The van der Waals surface area contributed by atoms with Crippen molar-refractivity contribution in [1.29, 1.82) is 0 Å². The monoisotopic (exact) mass is 574 g/mol. The minimum absolute atomic E-state index is 0.512. The van der Waals surface area contributed by atoms with Crippen LogP contribution in [-0.4, -0.2) is 38.3 Å². The van der Waals surface area contributed by atoms with Crippen LogP contribution in [0.2, 0.25) is 0 Å². The Hall–Kier alpha value is -3.84. The molecule has 0 fully saturated rings. The lowest BCUT2D eigenvalue weighted by atomic mass is 9.94. The molecule has 0 unspecified atom stereocenters. The molecule has 42 heavy (non-hydrogen) atoms. The van der Waals surface area contributed by atoms with E-state index >= 15 is 0 Å². The fraction of sp³-hybridized carbons (Fsp3) is 0.429. The average Bonchev–Trinajstić information content (AvgIpc) is 3.04. The highest BCUT2D eigenvalue weighted by Crippen LogP contribution is 2.34. The van der Waals surface area contributed by atoms with E-state index < -0.39 is 0 Å². The molecule has 4 aromatic rings. The zero-order valence-electron chi connectivity index (χ0n) is 26.8. The van der Waals surface area contributed by atoms with Gasteiger partial charge in [-0.3, -0.25) is 0 Å². The Labute approximate surface area is 252 Å². The van der Waals surface area contributed by atoms with Crippen LogP contribution in [0.15, 0.2) is 60.8 Å². The van der Waals surface area contributed by atoms with Gasteiger partial charge in [0.1, 0.15) is 17.2 Å². The quantitative estimate of drug-likeness (QED) is 0.175. The van der Waals surface area contributed by atoms with E-state index in [4.69, 9.17) is 19.2 Å². The second-order valence-electron chi connectivity index (χ2n) is 9.94. The Balaban J connectivity index is 0.000000797. The van der Waals surface area contributed by atoms with Crippen LogP contribution < -0.4 is 25.3 Å². The van der Waals surface area contributed by atoms with Crippen LogP contribution in [0.5, 0.6) is 17.2 Å². The molecule has 7 nitrogen and oxygen atoms in total. The molecule has 0 aliphatic heterocycles. The second kappa shape index (κ2) is 18.6. The van der Waals surface area contributed by atoms with E-state index in [2.05, 4.69) is 55.9 Å². The maximum Gasteiger partial charge on any atom is 0.227 e. The number of nitrogens with one attached hydrogen (secondary N) is 1. The van der Waals surface area contributed by atoms with Gasteiger partial charge >= 0.3 is 0 Å². The molecule has 0 aliphatic rings. The minimum atomic E-state index is 0.512. The zero-order chi connectivity index (χ0) is 30.9. The highest BCUT2D eigenvalue weighted by molar-refractivity contribution is 5.94. The molecule has 0 aliphatic carbocycles. The molecule has 0 saturated carbocycles. The lowest BCUT2D eigenvalue weighted by Gasteiger charge is -2.16. The number of hydrogen-bond donors (Lipinski definition) is 2. The molecular formula is C35H50N4O3. The van der Waals surface area contributed by atoms with Crippen molar-refractivity contribution in [3.05, 3.63) is 66.4 Å². The molecule has 0 saturated heterocycles.